The van der Waals surface area contributed by atoms with Gasteiger partial charge in [-0.1, -0.05) is 62.4 Å². The Labute approximate surface area is 212 Å². The van der Waals surface area contributed by atoms with Gasteiger partial charge in [0.25, 0.3) is 5.91 Å². The van der Waals surface area contributed by atoms with E-state index < -0.39 is 16.8 Å². The van der Waals surface area contributed by atoms with Crippen molar-refractivity contribution in [2.24, 2.45) is 5.92 Å². The van der Waals surface area contributed by atoms with Gasteiger partial charge < -0.3 is 15.5 Å². The van der Waals surface area contributed by atoms with Gasteiger partial charge in [0.05, 0.1) is 0 Å². The number of amides is 3. The van der Waals surface area contributed by atoms with Crippen molar-refractivity contribution in [3.05, 3.63) is 71.3 Å². The average molecular weight is 494 g/mol. The molecule has 0 aromatic heterocycles. The number of carbonyl (C=O) groups is 3. The Morgan fingerprint density at radius 1 is 1.00 bits per heavy atom. The van der Waals surface area contributed by atoms with Gasteiger partial charge in [0.2, 0.25) is 11.8 Å². The summed E-state index contributed by atoms with van der Waals surface area (Å²) < 4.78 is -0.487. The van der Waals surface area contributed by atoms with E-state index in [0.29, 0.717) is 5.56 Å². The second-order valence-electron chi connectivity index (χ2n) is 10.4. The lowest BCUT2D eigenvalue weighted by Crippen LogP contribution is -2.58. The quantitative estimate of drug-likeness (QED) is 0.574. The molecule has 0 saturated carbocycles. The molecule has 1 fully saturated rings. The number of nitrogens with zero attached hydrogens (tertiary/aromatic N) is 1. The van der Waals surface area contributed by atoms with Crippen LogP contribution in [0, 0.1) is 5.92 Å². The monoisotopic (exact) mass is 493 g/mol. The molecule has 0 bridgehead atoms. The van der Waals surface area contributed by atoms with E-state index in [1.165, 1.54) is 5.56 Å². The fraction of sp³-hybridized carbons (Fsp3) is 0.464. The Morgan fingerprint density at radius 2 is 1.66 bits per heavy atom. The zero-order chi connectivity index (χ0) is 25.3. The van der Waals surface area contributed by atoms with Crippen LogP contribution in [-0.4, -0.2) is 45.5 Å². The molecule has 2 aromatic carbocycles. The Balaban J connectivity index is 1.43. The standard InChI is InChI=1S/C28H35N3O3S/c1-17(2)22(24(32)29-18(3)15-16-19-11-7-6-8-12-19)30-25(33)23-28(4,5)35-27-21-14-10-9-13-20(21)26(34)31(23)27/h6-14,17-18,22-23,27H,15-16H2,1-5H3,(H,29,32)(H,30,33)/t18?,22-,23+,27?/m0/s1. The molecule has 0 spiro atoms. The highest BCUT2D eigenvalue weighted by molar-refractivity contribution is 8.01. The minimum absolute atomic E-state index is 0.0293. The van der Waals surface area contributed by atoms with E-state index in [1.54, 1.807) is 16.7 Å². The summed E-state index contributed by atoms with van der Waals surface area (Å²) in [6.45, 7) is 9.82. The van der Waals surface area contributed by atoms with Crippen molar-refractivity contribution in [2.75, 3.05) is 0 Å². The van der Waals surface area contributed by atoms with Crippen LogP contribution < -0.4 is 10.6 Å². The molecule has 0 radical (unpaired) electrons. The summed E-state index contributed by atoms with van der Waals surface area (Å²) in [6, 6.07) is 16.4. The zero-order valence-electron chi connectivity index (χ0n) is 21.1. The molecule has 2 N–H and O–H groups in total. The molecule has 1 saturated heterocycles. The predicted octanol–water partition coefficient (Wildman–Crippen LogP) is 4.31. The molecule has 186 valence electrons. The molecular formula is C28H35N3O3S. The molecule has 2 unspecified atom stereocenters. The van der Waals surface area contributed by atoms with Crippen LogP contribution in [0.2, 0.25) is 0 Å². The zero-order valence-corrected chi connectivity index (χ0v) is 21.9. The summed E-state index contributed by atoms with van der Waals surface area (Å²) >= 11 is 1.62. The van der Waals surface area contributed by atoms with Crippen LogP contribution in [0.4, 0.5) is 0 Å². The van der Waals surface area contributed by atoms with Gasteiger partial charge >= 0.3 is 0 Å². The minimum Gasteiger partial charge on any atom is -0.352 e. The summed E-state index contributed by atoms with van der Waals surface area (Å²) in [4.78, 5) is 41.7. The second-order valence-corrected chi connectivity index (χ2v) is 12.2. The van der Waals surface area contributed by atoms with E-state index >= 15 is 0 Å². The molecule has 2 aliphatic rings. The highest BCUT2D eigenvalue weighted by Gasteiger charge is 2.57. The van der Waals surface area contributed by atoms with Crippen LogP contribution in [0.1, 0.15) is 67.9 Å². The number of nitrogens with one attached hydrogen (secondary N) is 2. The van der Waals surface area contributed by atoms with Gasteiger partial charge in [-0.05, 0) is 56.7 Å². The smallest absolute Gasteiger partial charge is 0.256 e. The van der Waals surface area contributed by atoms with E-state index in [4.69, 9.17) is 0 Å². The highest BCUT2D eigenvalue weighted by atomic mass is 32.2. The number of rotatable bonds is 8. The third-order valence-electron chi connectivity index (χ3n) is 6.89. The lowest BCUT2D eigenvalue weighted by Gasteiger charge is -2.32. The van der Waals surface area contributed by atoms with Gasteiger partial charge in [0, 0.05) is 16.4 Å². The molecule has 3 amide bonds. The average Bonchev–Trinajstić information content (AvgIpc) is 3.25. The van der Waals surface area contributed by atoms with E-state index in [9.17, 15) is 14.4 Å². The summed E-state index contributed by atoms with van der Waals surface area (Å²) in [6.07, 6.45) is 1.68. The van der Waals surface area contributed by atoms with Gasteiger partial charge in [-0.25, -0.2) is 0 Å². The Bertz CT molecular complexity index is 1100. The largest absolute Gasteiger partial charge is 0.352 e. The summed E-state index contributed by atoms with van der Waals surface area (Å²) in [5.74, 6) is -0.689. The molecule has 4 atom stereocenters. The molecule has 0 aliphatic carbocycles. The Kier molecular flexibility index (Phi) is 7.27. The number of aryl methyl sites for hydroxylation is 1. The summed E-state index contributed by atoms with van der Waals surface area (Å²) in [5.41, 5.74) is 2.84. The first kappa shape index (κ1) is 25.3. The first-order valence-electron chi connectivity index (χ1n) is 12.3. The maximum atomic E-state index is 13.6. The summed E-state index contributed by atoms with van der Waals surface area (Å²) in [5, 5.41) is 5.89. The molecule has 6 nitrogen and oxygen atoms in total. The fourth-order valence-corrected chi connectivity index (χ4v) is 6.59. The normalized spacial score (nSPS) is 21.9. The van der Waals surface area contributed by atoms with Gasteiger partial charge in [-0.3, -0.25) is 14.4 Å². The van der Waals surface area contributed by atoms with Crippen molar-refractivity contribution < 1.29 is 14.4 Å². The van der Waals surface area contributed by atoms with Crippen LogP contribution in [0.15, 0.2) is 54.6 Å². The van der Waals surface area contributed by atoms with E-state index in [2.05, 4.69) is 22.8 Å². The van der Waals surface area contributed by atoms with Gasteiger partial charge in [0.1, 0.15) is 17.5 Å². The van der Waals surface area contributed by atoms with E-state index in [0.717, 1.165) is 18.4 Å². The Morgan fingerprint density at radius 3 is 2.34 bits per heavy atom. The molecular weight excluding hydrogens is 458 g/mol. The first-order chi connectivity index (χ1) is 16.6. The summed E-state index contributed by atoms with van der Waals surface area (Å²) in [7, 11) is 0. The van der Waals surface area contributed by atoms with Gasteiger partial charge in [0.15, 0.2) is 0 Å². The topological polar surface area (TPSA) is 78.5 Å². The van der Waals surface area contributed by atoms with Crippen LogP contribution in [0.3, 0.4) is 0 Å². The maximum Gasteiger partial charge on any atom is 0.256 e. The van der Waals surface area contributed by atoms with Crippen molar-refractivity contribution in [2.45, 2.75) is 75.7 Å². The molecule has 2 aromatic rings. The van der Waals surface area contributed by atoms with Crippen molar-refractivity contribution in [3.8, 4) is 0 Å². The van der Waals surface area contributed by atoms with Crippen molar-refractivity contribution >= 4 is 29.5 Å². The number of fused-ring (bicyclic) bond motifs is 3. The maximum absolute atomic E-state index is 13.6. The SMILES string of the molecule is CC(CCc1ccccc1)NC(=O)[C@@H](NC(=O)[C@H]1N2C(=O)c3ccccc3C2SC1(C)C)C(C)C. The third kappa shape index (κ3) is 5.10. The van der Waals surface area contributed by atoms with E-state index in [-0.39, 0.29) is 35.1 Å². The second kappa shape index (κ2) is 10.1. The van der Waals surface area contributed by atoms with Crippen LogP contribution in [0.25, 0.3) is 0 Å². The number of carbonyl (C=O) groups excluding carboxylic acids is 3. The molecule has 35 heavy (non-hydrogen) atoms. The van der Waals surface area contributed by atoms with Gasteiger partial charge in [-0.15, -0.1) is 11.8 Å². The third-order valence-corrected chi connectivity index (χ3v) is 8.42. The molecule has 7 heteroatoms. The van der Waals surface area contributed by atoms with Crippen LogP contribution in [0.5, 0.6) is 0 Å². The van der Waals surface area contributed by atoms with Crippen molar-refractivity contribution in [3.63, 3.8) is 0 Å². The Hall–Kier alpha value is -2.80. The van der Waals surface area contributed by atoms with Crippen LogP contribution >= 0.6 is 11.8 Å². The predicted molar refractivity (Wildman–Crippen MR) is 140 cm³/mol. The number of hydrogen-bond acceptors (Lipinski definition) is 4. The molecule has 2 aliphatic heterocycles. The first-order valence-corrected chi connectivity index (χ1v) is 13.2. The van der Waals surface area contributed by atoms with Crippen molar-refractivity contribution in [1.29, 1.82) is 0 Å². The highest BCUT2D eigenvalue weighted by Crippen LogP contribution is 2.56. The lowest BCUT2D eigenvalue weighted by molar-refractivity contribution is -0.133. The van der Waals surface area contributed by atoms with Gasteiger partial charge in [-0.2, -0.15) is 0 Å². The minimum atomic E-state index is -0.679. The molecule has 2 heterocycles. The van der Waals surface area contributed by atoms with Crippen molar-refractivity contribution in [1.82, 2.24) is 15.5 Å². The van der Waals surface area contributed by atoms with E-state index in [1.807, 2.05) is 77.1 Å². The lowest BCUT2D eigenvalue weighted by atomic mass is 9.97. The fourth-order valence-electron chi connectivity index (χ4n) is 5.00. The van der Waals surface area contributed by atoms with Crippen LogP contribution in [-0.2, 0) is 16.0 Å². The molecule has 4 rings (SSSR count). The number of thioether (sulfide) groups is 1. The number of hydrogen-bond donors (Lipinski definition) is 2. The number of benzene rings is 2.